The molecule has 0 spiro atoms. The van der Waals surface area contributed by atoms with Gasteiger partial charge in [0.25, 0.3) is 0 Å². The van der Waals surface area contributed by atoms with Crippen LogP contribution in [-0.2, 0) is 0 Å². The Morgan fingerprint density at radius 1 is 0.933 bits per heavy atom. The highest BCUT2D eigenvalue weighted by Crippen LogP contribution is 2.33. The third kappa shape index (κ3) is 2.78. The molecule has 0 aromatic heterocycles. The van der Waals surface area contributed by atoms with Crippen LogP contribution in [0, 0.1) is 0 Å². The lowest BCUT2D eigenvalue weighted by molar-refractivity contribution is 0.443. The molecule has 15 heavy (non-hydrogen) atoms. The second-order valence-electron chi connectivity index (χ2n) is 4.22. The molecule has 82 valence electrons. The van der Waals surface area contributed by atoms with Gasteiger partial charge in [0, 0.05) is 5.30 Å². The summed E-state index contributed by atoms with van der Waals surface area (Å²) in [5.74, 6) is 0.691. The molecule has 1 saturated carbocycles. The largest absolute Gasteiger partial charge is 0.347 e. The maximum atomic E-state index is 9.05. The Hall–Kier alpha value is -0.430. The van der Waals surface area contributed by atoms with Crippen molar-refractivity contribution in [3.63, 3.8) is 0 Å². The smallest absolute Gasteiger partial charge is 0.199 e. The van der Waals surface area contributed by atoms with Crippen LogP contribution in [-0.4, -0.2) is 9.79 Å². The second kappa shape index (κ2) is 5.07. The van der Waals surface area contributed by atoms with E-state index in [1.807, 2.05) is 24.3 Å². The molecule has 0 heterocycles. The van der Waals surface area contributed by atoms with E-state index < -0.39 is 8.38 Å². The van der Waals surface area contributed by atoms with Crippen LogP contribution >= 0.6 is 8.38 Å². The van der Waals surface area contributed by atoms with Gasteiger partial charge in [-0.15, -0.1) is 0 Å². The highest BCUT2D eigenvalue weighted by Gasteiger charge is 2.15. The molecule has 1 aromatic rings. The molecule has 1 aromatic carbocycles. The first-order valence-corrected chi connectivity index (χ1v) is 6.80. The highest BCUT2D eigenvalue weighted by molar-refractivity contribution is 7.54. The van der Waals surface area contributed by atoms with Crippen molar-refractivity contribution in [2.24, 2.45) is 0 Å². The van der Waals surface area contributed by atoms with Crippen molar-refractivity contribution in [3.05, 3.63) is 29.8 Å². The van der Waals surface area contributed by atoms with Crippen LogP contribution in [0.4, 0.5) is 0 Å². The quantitative estimate of drug-likeness (QED) is 0.758. The van der Waals surface area contributed by atoms with Crippen LogP contribution in [0.1, 0.15) is 43.6 Å². The van der Waals surface area contributed by atoms with Crippen molar-refractivity contribution in [2.45, 2.75) is 38.0 Å². The van der Waals surface area contributed by atoms with Crippen molar-refractivity contribution >= 4 is 13.7 Å². The van der Waals surface area contributed by atoms with Crippen molar-refractivity contribution in [2.75, 3.05) is 0 Å². The van der Waals surface area contributed by atoms with E-state index in [4.69, 9.17) is 9.79 Å². The highest BCUT2D eigenvalue weighted by atomic mass is 31.2. The standard InChI is InChI=1S/C12H17O2P/c13-15(14)12-8-6-11(7-9-12)10-4-2-1-3-5-10/h6-10,13-14H,1-5H2. The fourth-order valence-electron chi connectivity index (χ4n) is 2.32. The van der Waals surface area contributed by atoms with Gasteiger partial charge in [-0.25, -0.2) is 0 Å². The minimum absolute atomic E-state index is 0.643. The lowest BCUT2D eigenvalue weighted by atomic mass is 9.84. The Kier molecular flexibility index (Phi) is 3.74. The summed E-state index contributed by atoms with van der Waals surface area (Å²) in [6.07, 6.45) is 6.60. The van der Waals surface area contributed by atoms with Gasteiger partial charge in [0.15, 0.2) is 8.38 Å². The van der Waals surface area contributed by atoms with Crippen LogP contribution in [0.15, 0.2) is 24.3 Å². The van der Waals surface area contributed by atoms with Crippen molar-refractivity contribution in [3.8, 4) is 0 Å². The first-order valence-electron chi connectivity index (χ1n) is 5.55. The maximum absolute atomic E-state index is 9.05. The fourth-order valence-corrected chi connectivity index (χ4v) is 2.73. The molecule has 1 aliphatic carbocycles. The molecule has 3 heteroatoms. The summed E-state index contributed by atoms with van der Waals surface area (Å²) in [6.45, 7) is 0. The van der Waals surface area contributed by atoms with Crippen LogP contribution < -0.4 is 5.30 Å². The van der Waals surface area contributed by atoms with Crippen LogP contribution in [0.5, 0.6) is 0 Å². The van der Waals surface area contributed by atoms with Crippen LogP contribution in [0.3, 0.4) is 0 Å². The van der Waals surface area contributed by atoms with Gasteiger partial charge in [-0.05, 0) is 36.5 Å². The molecule has 0 radical (unpaired) electrons. The average molecular weight is 224 g/mol. The summed E-state index contributed by atoms with van der Waals surface area (Å²) < 4.78 is 0. The van der Waals surface area contributed by atoms with Gasteiger partial charge >= 0.3 is 0 Å². The summed E-state index contributed by atoms with van der Waals surface area (Å²) in [5, 5.41) is 0.643. The monoisotopic (exact) mass is 224 g/mol. The van der Waals surface area contributed by atoms with Gasteiger partial charge < -0.3 is 9.79 Å². The van der Waals surface area contributed by atoms with E-state index in [2.05, 4.69) is 0 Å². The molecule has 0 saturated heterocycles. The first-order chi connectivity index (χ1) is 7.27. The van der Waals surface area contributed by atoms with Crippen molar-refractivity contribution < 1.29 is 9.79 Å². The third-order valence-corrected chi connectivity index (χ3v) is 3.96. The number of hydrogen-bond donors (Lipinski definition) is 2. The van der Waals surface area contributed by atoms with Crippen molar-refractivity contribution in [1.29, 1.82) is 0 Å². The van der Waals surface area contributed by atoms with Gasteiger partial charge in [-0.1, -0.05) is 31.4 Å². The zero-order valence-corrected chi connectivity index (χ0v) is 9.66. The van der Waals surface area contributed by atoms with Crippen LogP contribution in [0.25, 0.3) is 0 Å². The zero-order valence-electron chi connectivity index (χ0n) is 8.76. The van der Waals surface area contributed by atoms with E-state index >= 15 is 0 Å². The molecule has 2 rings (SSSR count). The Labute approximate surface area is 91.9 Å². The summed E-state index contributed by atoms with van der Waals surface area (Å²) in [4.78, 5) is 18.1. The predicted molar refractivity (Wildman–Crippen MR) is 63.3 cm³/mol. The first kappa shape index (κ1) is 11.1. The lowest BCUT2D eigenvalue weighted by Gasteiger charge is -2.22. The molecule has 0 amide bonds. The SMILES string of the molecule is OP(O)c1ccc(C2CCCCC2)cc1. The van der Waals surface area contributed by atoms with Gasteiger partial charge in [0.05, 0.1) is 0 Å². The molecule has 0 aliphatic heterocycles. The Morgan fingerprint density at radius 2 is 1.53 bits per heavy atom. The van der Waals surface area contributed by atoms with E-state index in [1.165, 1.54) is 37.7 Å². The molecular weight excluding hydrogens is 207 g/mol. The normalized spacial score (nSPS) is 18.3. The third-order valence-electron chi connectivity index (χ3n) is 3.20. The minimum Gasteiger partial charge on any atom is -0.347 e. The summed E-state index contributed by atoms with van der Waals surface area (Å²) in [5.41, 5.74) is 1.36. The molecule has 0 atom stereocenters. The summed E-state index contributed by atoms with van der Waals surface area (Å²) in [7, 11) is -1.93. The summed E-state index contributed by atoms with van der Waals surface area (Å²) >= 11 is 0. The van der Waals surface area contributed by atoms with E-state index in [0.29, 0.717) is 11.2 Å². The molecule has 0 unspecified atom stereocenters. The van der Waals surface area contributed by atoms with Crippen LogP contribution in [0.2, 0.25) is 0 Å². The van der Waals surface area contributed by atoms with Gasteiger partial charge in [0.1, 0.15) is 0 Å². The molecule has 1 aliphatic rings. The molecule has 2 nitrogen and oxygen atoms in total. The van der Waals surface area contributed by atoms with Gasteiger partial charge in [-0.3, -0.25) is 0 Å². The molecule has 2 N–H and O–H groups in total. The lowest BCUT2D eigenvalue weighted by Crippen LogP contribution is -2.06. The van der Waals surface area contributed by atoms with Gasteiger partial charge in [-0.2, -0.15) is 0 Å². The zero-order chi connectivity index (χ0) is 10.7. The van der Waals surface area contributed by atoms with Gasteiger partial charge in [0.2, 0.25) is 0 Å². The Balaban J connectivity index is 2.08. The average Bonchev–Trinajstić information content (AvgIpc) is 2.30. The Morgan fingerprint density at radius 3 is 2.07 bits per heavy atom. The van der Waals surface area contributed by atoms with E-state index in [0.717, 1.165) is 0 Å². The number of benzene rings is 1. The fraction of sp³-hybridized carbons (Fsp3) is 0.500. The Bertz CT molecular complexity index is 302. The number of rotatable bonds is 2. The van der Waals surface area contributed by atoms with E-state index in [-0.39, 0.29) is 0 Å². The maximum Gasteiger partial charge on any atom is 0.199 e. The topological polar surface area (TPSA) is 40.5 Å². The van der Waals surface area contributed by atoms with Crippen molar-refractivity contribution in [1.82, 2.24) is 0 Å². The predicted octanol–water partition coefficient (Wildman–Crippen LogP) is 2.66. The molecular formula is C12H17O2P. The number of hydrogen-bond acceptors (Lipinski definition) is 2. The van der Waals surface area contributed by atoms with E-state index in [1.54, 1.807) is 0 Å². The summed E-state index contributed by atoms with van der Waals surface area (Å²) in [6, 6.07) is 7.78. The van der Waals surface area contributed by atoms with E-state index in [9.17, 15) is 0 Å². The second-order valence-corrected chi connectivity index (χ2v) is 5.31. The minimum atomic E-state index is -1.93. The molecule has 0 bridgehead atoms. The molecule has 1 fully saturated rings.